The minimum atomic E-state index is -3.53. The molecule has 1 amide bonds. The Balaban J connectivity index is 1.62. The largest absolute Gasteiger partial charge is 0.493 e. The van der Waals surface area contributed by atoms with Crippen LogP contribution in [0.15, 0.2) is 36.4 Å². The number of carbonyl (C=O) groups excluding carboxylic acids is 1. The summed E-state index contributed by atoms with van der Waals surface area (Å²) >= 11 is 0. The van der Waals surface area contributed by atoms with Gasteiger partial charge in [0, 0.05) is 42.5 Å². The van der Waals surface area contributed by atoms with E-state index in [-0.39, 0.29) is 18.6 Å². The summed E-state index contributed by atoms with van der Waals surface area (Å²) < 4.78 is 38.8. The molecule has 0 aromatic heterocycles. The molecule has 1 saturated heterocycles. The smallest absolute Gasteiger partial charge is 0.264 e. The van der Waals surface area contributed by atoms with Crippen molar-refractivity contribution in [1.82, 2.24) is 10.2 Å². The molecule has 1 fully saturated rings. The van der Waals surface area contributed by atoms with Crippen molar-refractivity contribution in [1.29, 1.82) is 0 Å². The predicted octanol–water partition coefficient (Wildman–Crippen LogP) is 3.35. The van der Waals surface area contributed by atoms with Crippen LogP contribution in [0.3, 0.4) is 0 Å². The van der Waals surface area contributed by atoms with E-state index in [0.717, 1.165) is 54.6 Å². The normalized spacial score (nSPS) is 17.1. The Hall–Kier alpha value is -2.82. The summed E-state index contributed by atoms with van der Waals surface area (Å²) in [6.45, 7) is 2.43. The fraction of sp³-hybridized carbons (Fsp3) is 0.519. The van der Waals surface area contributed by atoms with Crippen LogP contribution in [0.4, 0.5) is 5.69 Å². The summed E-state index contributed by atoms with van der Waals surface area (Å²) in [4.78, 5) is 18.0. The summed E-state index contributed by atoms with van der Waals surface area (Å²) in [6.07, 6.45) is 4.17. The standard InChI is InChI=1S/C27H37N3O6S/c1-28-20-12-14-29(15-13-20)24-8-5-7-21-22(24)18-30(27(21)31)23(9-6-16-36-37(4,32)33)19-10-11-25(34-2)26(17-19)35-3/h5,7-8,10-11,17,20,23,28H,6,9,12-16,18H2,1-4H3/t23-/m1/s1. The lowest BCUT2D eigenvalue weighted by Crippen LogP contribution is -2.41. The lowest BCUT2D eigenvalue weighted by Gasteiger charge is -2.34. The molecule has 0 bridgehead atoms. The van der Waals surface area contributed by atoms with Gasteiger partial charge in [0.25, 0.3) is 16.0 Å². The highest BCUT2D eigenvalue weighted by atomic mass is 32.2. The summed E-state index contributed by atoms with van der Waals surface area (Å²) in [5, 5.41) is 3.37. The van der Waals surface area contributed by atoms with E-state index in [1.54, 1.807) is 14.2 Å². The van der Waals surface area contributed by atoms with Crippen molar-refractivity contribution in [2.24, 2.45) is 0 Å². The number of piperidine rings is 1. The van der Waals surface area contributed by atoms with Crippen LogP contribution in [-0.4, -0.2) is 72.5 Å². The highest BCUT2D eigenvalue weighted by Crippen LogP contribution is 2.40. The maximum absolute atomic E-state index is 13.7. The summed E-state index contributed by atoms with van der Waals surface area (Å²) in [6, 6.07) is 11.9. The van der Waals surface area contributed by atoms with E-state index in [1.165, 1.54) is 0 Å². The molecule has 1 N–H and O–H groups in total. The van der Waals surface area contributed by atoms with Crippen molar-refractivity contribution in [3.8, 4) is 11.5 Å². The number of benzene rings is 2. The topological polar surface area (TPSA) is 97.4 Å². The maximum atomic E-state index is 13.7. The van der Waals surface area contributed by atoms with Crippen molar-refractivity contribution in [2.75, 3.05) is 52.1 Å². The van der Waals surface area contributed by atoms with Gasteiger partial charge in [-0.3, -0.25) is 8.98 Å². The van der Waals surface area contributed by atoms with Gasteiger partial charge in [0.05, 0.1) is 33.1 Å². The van der Waals surface area contributed by atoms with Crippen LogP contribution < -0.4 is 19.7 Å². The lowest BCUT2D eigenvalue weighted by atomic mass is 9.99. The monoisotopic (exact) mass is 531 g/mol. The lowest BCUT2D eigenvalue weighted by molar-refractivity contribution is 0.0684. The molecular weight excluding hydrogens is 494 g/mol. The van der Waals surface area contributed by atoms with Gasteiger partial charge in [-0.15, -0.1) is 0 Å². The fourth-order valence-corrected chi connectivity index (χ4v) is 5.77. The van der Waals surface area contributed by atoms with Gasteiger partial charge in [-0.05, 0) is 62.6 Å². The highest BCUT2D eigenvalue weighted by molar-refractivity contribution is 7.85. The average Bonchev–Trinajstić information content (AvgIpc) is 3.24. The number of rotatable bonds is 11. The zero-order chi connectivity index (χ0) is 26.6. The molecule has 4 rings (SSSR count). The van der Waals surface area contributed by atoms with Gasteiger partial charge in [-0.2, -0.15) is 8.42 Å². The number of hydrogen-bond donors (Lipinski definition) is 1. The van der Waals surface area contributed by atoms with Crippen LogP contribution in [0, 0.1) is 0 Å². The van der Waals surface area contributed by atoms with Crippen LogP contribution in [0.5, 0.6) is 11.5 Å². The second-order valence-electron chi connectivity index (χ2n) is 9.58. The molecule has 2 heterocycles. The van der Waals surface area contributed by atoms with Crippen molar-refractivity contribution in [3.63, 3.8) is 0 Å². The number of fused-ring (bicyclic) bond motifs is 1. The van der Waals surface area contributed by atoms with Crippen molar-refractivity contribution >= 4 is 21.7 Å². The Morgan fingerprint density at radius 3 is 2.46 bits per heavy atom. The van der Waals surface area contributed by atoms with E-state index in [9.17, 15) is 13.2 Å². The molecule has 1 atom stereocenters. The second-order valence-corrected chi connectivity index (χ2v) is 11.2. The quantitative estimate of drug-likeness (QED) is 0.348. The number of nitrogens with zero attached hydrogens (tertiary/aromatic N) is 2. The van der Waals surface area contributed by atoms with Gasteiger partial charge in [0.2, 0.25) is 0 Å². The Bertz CT molecular complexity index is 1210. The van der Waals surface area contributed by atoms with E-state index in [1.807, 2.05) is 42.3 Å². The molecular formula is C27H37N3O6S. The van der Waals surface area contributed by atoms with Gasteiger partial charge in [-0.1, -0.05) is 12.1 Å². The van der Waals surface area contributed by atoms with Crippen molar-refractivity contribution < 1.29 is 26.9 Å². The van der Waals surface area contributed by atoms with E-state index in [4.69, 9.17) is 13.7 Å². The number of anilines is 1. The Morgan fingerprint density at radius 1 is 1.08 bits per heavy atom. The molecule has 0 saturated carbocycles. The molecule has 202 valence electrons. The molecule has 9 nitrogen and oxygen atoms in total. The molecule has 37 heavy (non-hydrogen) atoms. The zero-order valence-electron chi connectivity index (χ0n) is 22.0. The van der Waals surface area contributed by atoms with Gasteiger partial charge in [-0.25, -0.2) is 0 Å². The number of carbonyl (C=O) groups is 1. The predicted molar refractivity (Wildman–Crippen MR) is 143 cm³/mol. The van der Waals surface area contributed by atoms with Gasteiger partial charge < -0.3 is 24.6 Å². The minimum Gasteiger partial charge on any atom is -0.493 e. The molecule has 2 aromatic rings. The first-order chi connectivity index (χ1) is 17.8. The SMILES string of the molecule is CNC1CCN(c2cccc3c2CN([C@H](CCCOS(C)(=O)=O)c2ccc(OC)c(OC)c2)C3=O)CC1. The molecule has 0 unspecified atom stereocenters. The molecule has 0 aliphatic carbocycles. The zero-order valence-corrected chi connectivity index (χ0v) is 22.8. The van der Waals surface area contributed by atoms with Crippen LogP contribution in [0.25, 0.3) is 0 Å². The molecule has 0 radical (unpaired) electrons. The number of amides is 1. The molecule has 2 aliphatic heterocycles. The van der Waals surface area contributed by atoms with Crippen LogP contribution in [-0.2, 0) is 20.8 Å². The van der Waals surface area contributed by atoms with E-state index >= 15 is 0 Å². The molecule has 10 heteroatoms. The first-order valence-electron chi connectivity index (χ1n) is 12.7. The summed E-state index contributed by atoms with van der Waals surface area (Å²) in [7, 11) is 1.64. The third kappa shape index (κ3) is 6.19. The van der Waals surface area contributed by atoms with E-state index < -0.39 is 10.1 Å². The summed E-state index contributed by atoms with van der Waals surface area (Å²) in [5.74, 6) is 1.16. The van der Waals surface area contributed by atoms with E-state index in [0.29, 0.717) is 36.9 Å². The first-order valence-corrected chi connectivity index (χ1v) is 14.5. The first kappa shape index (κ1) is 27.2. The fourth-order valence-electron chi connectivity index (χ4n) is 5.34. The third-order valence-electron chi connectivity index (χ3n) is 7.30. The summed E-state index contributed by atoms with van der Waals surface area (Å²) in [5.41, 5.74) is 3.79. The Kier molecular flexibility index (Phi) is 8.61. The number of methoxy groups -OCH3 is 2. The number of nitrogens with one attached hydrogen (secondary N) is 1. The Morgan fingerprint density at radius 2 is 1.81 bits per heavy atom. The van der Waals surface area contributed by atoms with Gasteiger partial charge >= 0.3 is 0 Å². The van der Waals surface area contributed by atoms with Crippen LogP contribution in [0.1, 0.15) is 53.2 Å². The molecule has 2 aliphatic rings. The number of hydrogen-bond acceptors (Lipinski definition) is 8. The molecule has 0 spiro atoms. The Labute approximate surface area is 219 Å². The number of ether oxygens (including phenoxy) is 2. The maximum Gasteiger partial charge on any atom is 0.264 e. The van der Waals surface area contributed by atoms with Crippen molar-refractivity contribution in [3.05, 3.63) is 53.1 Å². The van der Waals surface area contributed by atoms with Gasteiger partial charge in [0.1, 0.15) is 0 Å². The average molecular weight is 532 g/mol. The second kappa shape index (κ2) is 11.7. The van der Waals surface area contributed by atoms with Crippen molar-refractivity contribution in [2.45, 2.75) is 44.3 Å². The van der Waals surface area contributed by atoms with Crippen LogP contribution in [0.2, 0.25) is 0 Å². The van der Waals surface area contributed by atoms with E-state index in [2.05, 4.69) is 16.3 Å². The minimum absolute atomic E-state index is 0.0224. The third-order valence-corrected chi connectivity index (χ3v) is 7.90. The molecule has 2 aromatic carbocycles. The van der Waals surface area contributed by atoms with Crippen LogP contribution >= 0.6 is 0 Å². The van der Waals surface area contributed by atoms with Gasteiger partial charge in [0.15, 0.2) is 11.5 Å². The highest BCUT2D eigenvalue weighted by Gasteiger charge is 2.36.